The molecular weight excluding hydrogens is 272 g/mol. The summed E-state index contributed by atoms with van der Waals surface area (Å²) in [6.45, 7) is 0.281. The second-order valence-electron chi connectivity index (χ2n) is 3.72. The minimum atomic E-state index is -0.825. The largest absolute Gasteiger partial charge is 0.465 e. The Bertz CT molecular complexity index is 439. The zero-order valence-corrected chi connectivity index (χ0v) is 11.3. The van der Waals surface area contributed by atoms with Gasteiger partial charge in [-0.3, -0.25) is 4.79 Å². The van der Waals surface area contributed by atoms with Crippen molar-refractivity contribution in [2.75, 3.05) is 13.7 Å². The van der Waals surface area contributed by atoms with Crippen molar-refractivity contribution < 1.29 is 19.1 Å². The number of nitrogens with two attached hydrogens (primary N) is 2. The van der Waals surface area contributed by atoms with E-state index < -0.39 is 17.9 Å². The quantitative estimate of drug-likeness (QED) is 0.729. The number of esters is 1. The Balaban J connectivity index is 0.00000324. The van der Waals surface area contributed by atoms with E-state index in [9.17, 15) is 9.59 Å². The molecule has 7 heteroatoms. The molecule has 0 aliphatic rings. The third-order valence-electron chi connectivity index (χ3n) is 2.28. The molecule has 0 aliphatic heterocycles. The number of amides is 1. The number of carbonyl (C=O) groups is 2. The van der Waals surface area contributed by atoms with Gasteiger partial charge in [0.25, 0.3) is 0 Å². The van der Waals surface area contributed by atoms with Crippen LogP contribution in [0.3, 0.4) is 0 Å². The van der Waals surface area contributed by atoms with Crippen molar-refractivity contribution >= 4 is 24.3 Å². The fraction of sp³-hybridized carbons (Fsp3) is 0.333. The maximum absolute atomic E-state index is 11.3. The normalized spacial score (nSPS) is 11.3. The van der Waals surface area contributed by atoms with Gasteiger partial charge in [0.2, 0.25) is 5.91 Å². The Morgan fingerprint density at radius 1 is 1.37 bits per heavy atom. The lowest BCUT2D eigenvalue weighted by atomic mass is 10.1. The van der Waals surface area contributed by atoms with Crippen LogP contribution in [0.5, 0.6) is 0 Å². The van der Waals surface area contributed by atoms with Gasteiger partial charge in [0.1, 0.15) is 6.04 Å². The van der Waals surface area contributed by atoms with Crippen LogP contribution >= 0.6 is 12.4 Å². The van der Waals surface area contributed by atoms with E-state index in [2.05, 4.69) is 4.74 Å². The minimum absolute atomic E-state index is 0. The summed E-state index contributed by atoms with van der Waals surface area (Å²) in [4.78, 5) is 22.0. The highest BCUT2D eigenvalue weighted by atomic mass is 35.5. The monoisotopic (exact) mass is 288 g/mol. The molecular formula is C12H17ClN2O4. The molecule has 0 spiro atoms. The molecule has 1 atom stereocenters. The van der Waals surface area contributed by atoms with Crippen LogP contribution in [0.4, 0.5) is 0 Å². The van der Waals surface area contributed by atoms with Gasteiger partial charge >= 0.3 is 5.97 Å². The molecule has 0 saturated carbocycles. The number of hydrogen-bond acceptors (Lipinski definition) is 5. The Morgan fingerprint density at radius 2 is 2.05 bits per heavy atom. The number of hydrogen-bond donors (Lipinski definition) is 2. The van der Waals surface area contributed by atoms with Crippen molar-refractivity contribution in [1.82, 2.24) is 0 Å². The molecule has 1 aromatic carbocycles. The topological polar surface area (TPSA) is 105 Å². The highest BCUT2D eigenvalue weighted by Crippen LogP contribution is 2.08. The smallest absolute Gasteiger partial charge is 0.337 e. The van der Waals surface area contributed by atoms with E-state index in [1.54, 1.807) is 24.3 Å². The summed E-state index contributed by atoms with van der Waals surface area (Å²) in [7, 11) is 1.32. The van der Waals surface area contributed by atoms with Crippen LogP contribution in [0.25, 0.3) is 0 Å². The van der Waals surface area contributed by atoms with Crippen LogP contribution < -0.4 is 11.5 Å². The third-order valence-corrected chi connectivity index (χ3v) is 2.28. The standard InChI is InChI=1S/C12H16N2O4.ClH/c1-17-12(16)9-4-2-3-8(5-9)6-18-7-10(13)11(14)15;/h2-5,10H,6-7,13H2,1H3,(H2,14,15);1H/t10-;/m0./s1. The number of benzene rings is 1. The maximum Gasteiger partial charge on any atom is 0.337 e. The van der Waals surface area contributed by atoms with E-state index in [0.29, 0.717) is 5.56 Å². The molecule has 0 bridgehead atoms. The number of rotatable bonds is 6. The highest BCUT2D eigenvalue weighted by Gasteiger charge is 2.09. The van der Waals surface area contributed by atoms with Gasteiger partial charge in [0.15, 0.2) is 0 Å². The first-order valence-electron chi connectivity index (χ1n) is 5.34. The molecule has 1 amide bonds. The van der Waals surface area contributed by atoms with Crippen LogP contribution in [0, 0.1) is 0 Å². The first-order chi connectivity index (χ1) is 8.54. The van der Waals surface area contributed by atoms with Crippen molar-refractivity contribution in [3.8, 4) is 0 Å². The van der Waals surface area contributed by atoms with Crippen LogP contribution in [0.2, 0.25) is 0 Å². The lowest BCUT2D eigenvalue weighted by molar-refractivity contribution is -0.120. The number of methoxy groups -OCH3 is 1. The molecule has 0 saturated heterocycles. The highest BCUT2D eigenvalue weighted by molar-refractivity contribution is 5.89. The van der Waals surface area contributed by atoms with Gasteiger partial charge in [-0.2, -0.15) is 0 Å². The van der Waals surface area contributed by atoms with Gasteiger partial charge in [-0.1, -0.05) is 12.1 Å². The van der Waals surface area contributed by atoms with Crippen LogP contribution in [-0.2, 0) is 20.9 Å². The number of ether oxygens (including phenoxy) is 2. The van der Waals surface area contributed by atoms with E-state index in [-0.39, 0.29) is 25.6 Å². The Labute approximate surface area is 117 Å². The van der Waals surface area contributed by atoms with Crippen molar-refractivity contribution in [3.63, 3.8) is 0 Å². The SMILES string of the molecule is COC(=O)c1cccc(COC[C@H](N)C(N)=O)c1.Cl. The summed E-state index contributed by atoms with van der Waals surface area (Å²) in [5.41, 5.74) is 11.6. The Kier molecular flexibility index (Phi) is 7.74. The molecule has 0 aliphatic carbocycles. The number of carbonyl (C=O) groups excluding carboxylic acids is 2. The van der Waals surface area contributed by atoms with Gasteiger partial charge in [0.05, 0.1) is 25.9 Å². The number of halogens is 1. The average molecular weight is 289 g/mol. The van der Waals surface area contributed by atoms with Gasteiger partial charge in [0, 0.05) is 0 Å². The predicted octanol–water partition coefficient (Wildman–Crippen LogP) is 0.224. The first-order valence-corrected chi connectivity index (χ1v) is 5.34. The van der Waals surface area contributed by atoms with E-state index in [1.165, 1.54) is 7.11 Å². The van der Waals surface area contributed by atoms with Crippen molar-refractivity contribution in [2.45, 2.75) is 12.6 Å². The molecule has 6 nitrogen and oxygen atoms in total. The molecule has 106 valence electrons. The molecule has 4 N–H and O–H groups in total. The summed E-state index contributed by atoms with van der Waals surface area (Å²) < 4.78 is 9.84. The lowest BCUT2D eigenvalue weighted by Gasteiger charge is -2.09. The summed E-state index contributed by atoms with van der Waals surface area (Å²) in [6.07, 6.45) is 0. The van der Waals surface area contributed by atoms with Crippen LogP contribution in [0.1, 0.15) is 15.9 Å². The Morgan fingerprint density at radius 3 is 2.63 bits per heavy atom. The van der Waals surface area contributed by atoms with Gasteiger partial charge in [-0.15, -0.1) is 12.4 Å². The summed E-state index contributed by atoms with van der Waals surface area (Å²) in [5.74, 6) is -1.02. The molecule has 0 radical (unpaired) electrons. The minimum Gasteiger partial charge on any atom is -0.465 e. The predicted molar refractivity (Wildman–Crippen MR) is 71.9 cm³/mol. The molecule has 1 rings (SSSR count). The van der Waals surface area contributed by atoms with Gasteiger partial charge in [-0.25, -0.2) is 4.79 Å². The fourth-order valence-corrected chi connectivity index (χ4v) is 1.29. The summed E-state index contributed by atoms with van der Waals surface area (Å²) in [5, 5.41) is 0. The third kappa shape index (κ3) is 5.69. The molecule has 0 aromatic heterocycles. The van der Waals surface area contributed by atoms with Gasteiger partial charge < -0.3 is 20.9 Å². The summed E-state index contributed by atoms with van der Waals surface area (Å²) >= 11 is 0. The molecule has 19 heavy (non-hydrogen) atoms. The fourth-order valence-electron chi connectivity index (χ4n) is 1.29. The van der Waals surface area contributed by atoms with E-state index in [1.807, 2.05) is 0 Å². The number of primary amides is 1. The second kappa shape index (κ2) is 8.47. The zero-order chi connectivity index (χ0) is 13.5. The summed E-state index contributed by atoms with van der Waals surface area (Å²) in [6, 6.07) is 5.99. The zero-order valence-electron chi connectivity index (χ0n) is 10.5. The molecule has 0 fully saturated rings. The average Bonchev–Trinajstić information content (AvgIpc) is 2.37. The van der Waals surface area contributed by atoms with Crippen molar-refractivity contribution in [2.24, 2.45) is 11.5 Å². The van der Waals surface area contributed by atoms with E-state index in [0.717, 1.165) is 5.56 Å². The Hall–Kier alpha value is -1.63. The van der Waals surface area contributed by atoms with Crippen LogP contribution in [-0.4, -0.2) is 31.6 Å². The molecule has 0 unspecified atom stereocenters. The molecule has 0 heterocycles. The van der Waals surface area contributed by atoms with Crippen LogP contribution in [0.15, 0.2) is 24.3 Å². The maximum atomic E-state index is 11.3. The van der Waals surface area contributed by atoms with E-state index in [4.69, 9.17) is 16.2 Å². The molecule has 1 aromatic rings. The van der Waals surface area contributed by atoms with Crippen molar-refractivity contribution in [3.05, 3.63) is 35.4 Å². The second-order valence-corrected chi connectivity index (χ2v) is 3.72. The van der Waals surface area contributed by atoms with E-state index >= 15 is 0 Å². The first kappa shape index (κ1) is 17.4. The lowest BCUT2D eigenvalue weighted by Crippen LogP contribution is -2.40. The van der Waals surface area contributed by atoms with Crippen molar-refractivity contribution in [1.29, 1.82) is 0 Å². The van der Waals surface area contributed by atoms with Gasteiger partial charge in [-0.05, 0) is 17.7 Å².